The van der Waals surface area contributed by atoms with Crippen LogP contribution in [-0.4, -0.2) is 33.5 Å². The van der Waals surface area contributed by atoms with Crippen molar-refractivity contribution < 1.29 is 19.0 Å². The van der Waals surface area contributed by atoms with Crippen LogP contribution in [-0.2, 0) is 0 Å². The number of hydrogen-bond acceptors (Lipinski definition) is 5. The lowest BCUT2D eigenvalue weighted by molar-refractivity contribution is 0.0955. The molecule has 0 atom stereocenters. The Morgan fingerprint density at radius 3 is 2.22 bits per heavy atom. The van der Waals surface area contributed by atoms with E-state index in [4.69, 9.17) is 14.2 Å². The van der Waals surface area contributed by atoms with Gasteiger partial charge in [-0.3, -0.25) is 4.79 Å². The summed E-state index contributed by atoms with van der Waals surface area (Å²) in [4.78, 5) is 12.2. The van der Waals surface area contributed by atoms with Gasteiger partial charge in [-0.05, 0) is 53.2 Å². The molecular weight excluding hydrogens is 344 g/mol. The lowest BCUT2D eigenvalue weighted by atomic mass is 10.0. The molecule has 0 aromatic heterocycles. The smallest absolute Gasteiger partial charge is 0.271 e. The van der Waals surface area contributed by atoms with E-state index in [0.29, 0.717) is 17.1 Å². The predicted octanol–water partition coefficient (Wildman–Crippen LogP) is 3.63. The number of nitrogens with one attached hydrogen (secondary N) is 1. The minimum absolute atomic E-state index is 0.314. The molecule has 0 fully saturated rings. The van der Waals surface area contributed by atoms with Crippen molar-refractivity contribution in [3.05, 3.63) is 65.7 Å². The molecule has 6 nitrogen and oxygen atoms in total. The Morgan fingerprint density at radius 1 is 0.889 bits per heavy atom. The van der Waals surface area contributed by atoms with Crippen molar-refractivity contribution in [1.29, 1.82) is 0 Å². The van der Waals surface area contributed by atoms with Gasteiger partial charge in [-0.2, -0.15) is 5.10 Å². The SMILES string of the molecule is COc1ccc(C(=O)N/N=C/c2c(OC)ccc3ccc(OC)cc23)cc1. The first kappa shape index (κ1) is 18.3. The molecule has 0 unspecified atom stereocenters. The van der Waals surface area contributed by atoms with Crippen LogP contribution in [0.3, 0.4) is 0 Å². The number of hydrogen-bond donors (Lipinski definition) is 1. The quantitative estimate of drug-likeness (QED) is 0.536. The zero-order valence-electron chi connectivity index (χ0n) is 15.4. The molecule has 27 heavy (non-hydrogen) atoms. The fraction of sp³-hybridized carbons (Fsp3) is 0.143. The molecule has 0 aliphatic carbocycles. The number of carbonyl (C=O) groups is 1. The van der Waals surface area contributed by atoms with Crippen molar-refractivity contribution in [2.75, 3.05) is 21.3 Å². The van der Waals surface area contributed by atoms with Crippen molar-refractivity contribution in [2.24, 2.45) is 5.10 Å². The average Bonchev–Trinajstić information content (AvgIpc) is 2.73. The molecule has 0 aliphatic rings. The number of nitrogens with zero attached hydrogens (tertiary/aromatic N) is 1. The van der Waals surface area contributed by atoms with E-state index in [1.807, 2.05) is 30.3 Å². The van der Waals surface area contributed by atoms with Crippen LogP contribution in [0.1, 0.15) is 15.9 Å². The minimum atomic E-state index is -0.314. The van der Waals surface area contributed by atoms with E-state index in [1.165, 1.54) is 0 Å². The number of amides is 1. The summed E-state index contributed by atoms with van der Waals surface area (Å²) in [6.07, 6.45) is 1.57. The topological polar surface area (TPSA) is 69.2 Å². The summed E-state index contributed by atoms with van der Waals surface area (Å²) < 4.78 is 15.8. The maximum atomic E-state index is 12.2. The van der Waals surface area contributed by atoms with Gasteiger partial charge < -0.3 is 14.2 Å². The van der Waals surface area contributed by atoms with Gasteiger partial charge in [-0.25, -0.2) is 5.43 Å². The van der Waals surface area contributed by atoms with Gasteiger partial charge in [0, 0.05) is 11.1 Å². The van der Waals surface area contributed by atoms with Crippen molar-refractivity contribution in [2.45, 2.75) is 0 Å². The lowest BCUT2D eigenvalue weighted by Crippen LogP contribution is -2.17. The molecule has 0 bridgehead atoms. The molecule has 1 N–H and O–H groups in total. The largest absolute Gasteiger partial charge is 0.497 e. The zero-order chi connectivity index (χ0) is 19.2. The highest BCUT2D eigenvalue weighted by molar-refractivity contribution is 6.03. The Labute approximate surface area is 157 Å². The first-order valence-electron chi connectivity index (χ1n) is 8.28. The summed E-state index contributed by atoms with van der Waals surface area (Å²) in [6.45, 7) is 0. The minimum Gasteiger partial charge on any atom is -0.497 e. The van der Waals surface area contributed by atoms with Crippen molar-refractivity contribution in [1.82, 2.24) is 5.43 Å². The van der Waals surface area contributed by atoms with Gasteiger partial charge in [0.05, 0.1) is 27.5 Å². The monoisotopic (exact) mass is 364 g/mol. The molecule has 0 aliphatic heterocycles. The summed E-state index contributed by atoms with van der Waals surface area (Å²) in [6, 6.07) is 16.4. The second-order valence-corrected chi connectivity index (χ2v) is 5.70. The van der Waals surface area contributed by atoms with Crippen LogP contribution in [0, 0.1) is 0 Å². The predicted molar refractivity (Wildman–Crippen MR) is 105 cm³/mol. The average molecular weight is 364 g/mol. The summed E-state index contributed by atoms with van der Waals surface area (Å²) in [5.74, 6) is 1.75. The Bertz CT molecular complexity index is 976. The first-order chi connectivity index (χ1) is 13.2. The van der Waals surface area contributed by atoms with Crippen LogP contribution in [0.15, 0.2) is 59.7 Å². The number of ether oxygens (including phenoxy) is 3. The van der Waals surface area contributed by atoms with Gasteiger partial charge in [-0.15, -0.1) is 0 Å². The molecule has 0 heterocycles. The zero-order valence-corrected chi connectivity index (χ0v) is 15.4. The second-order valence-electron chi connectivity index (χ2n) is 5.70. The van der Waals surface area contributed by atoms with E-state index in [1.54, 1.807) is 51.8 Å². The van der Waals surface area contributed by atoms with Crippen LogP contribution < -0.4 is 19.6 Å². The number of carbonyl (C=O) groups excluding carboxylic acids is 1. The van der Waals surface area contributed by atoms with Gasteiger partial charge in [0.15, 0.2) is 0 Å². The fourth-order valence-corrected chi connectivity index (χ4v) is 2.70. The van der Waals surface area contributed by atoms with Gasteiger partial charge in [0.25, 0.3) is 5.91 Å². The maximum absolute atomic E-state index is 12.2. The van der Waals surface area contributed by atoms with E-state index in [0.717, 1.165) is 22.1 Å². The maximum Gasteiger partial charge on any atom is 0.271 e. The van der Waals surface area contributed by atoms with Crippen LogP contribution in [0.25, 0.3) is 10.8 Å². The van der Waals surface area contributed by atoms with Crippen molar-refractivity contribution >= 4 is 22.9 Å². The third kappa shape index (κ3) is 4.00. The van der Waals surface area contributed by atoms with E-state index < -0.39 is 0 Å². The van der Waals surface area contributed by atoms with Gasteiger partial charge in [0.1, 0.15) is 17.2 Å². The molecule has 0 saturated heterocycles. The molecule has 0 spiro atoms. The number of rotatable bonds is 6. The molecule has 138 valence electrons. The Morgan fingerprint density at radius 2 is 1.56 bits per heavy atom. The van der Waals surface area contributed by atoms with E-state index in [-0.39, 0.29) is 5.91 Å². The highest BCUT2D eigenvalue weighted by atomic mass is 16.5. The molecule has 3 rings (SSSR count). The molecule has 0 radical (unpaired) electrons. The second kappa shape index (κ2) is 8.23. The third-order valence-corrected chi connectivity index (χ3v) is 4.16. The summed E-state index contributed by atoms with van der Waals surface area (Å²) >= 11 is 0. The van der Waals surface area contributed by atoms with Crippen LogP contribution >= 0.6 is 0 Å². The highest BCUT2D eigenvalue weighted by Gasteiger charge is 2.09. The molecule has 6 heteroatoms. The van der Waals surface area contributed by atoms with Crippen molar-refractivity contribution in [3.8, 4) is 17.2 Å². The molecule has 0 saturated carbocycles. The van der Waals surface area contributed by atoms with Crippen molar-refractivity contribution in [3.63, 3.8) is 0 Å². The Balaban J connectivity index is 1.86. The van der Waals surface area contributed by atoms with Crippen LogP contribution in [0.4, 0.5) is 0 Å². The summed E-state index contributed by atoms with van der Waals surface area (Å²) in [7, 11) is 4.78. The van der Waals surface area contributed by atoms with E-state index in [2.05, 4.69) is 10.5 Å². The summed E-state index contributed by atoms with van der Waals surface area (Å²) in [5, 5.41) is 6.02. The van der Waals surface area contributed by atoms with Crippen LogP contribution in [0.5, 0.6) is 17.2 Å². The van der Waals surface area contributed by atoms with Gasteiger partial charge in [0.2, 0.25) is 0 Å². The Hall–Kier alpha value is -3.54. The van der Waals surface area contributed by atoms with Crippen LogP contribution in [0.2, 0.25) is 0 Å². The number of fused-ring (bicyclic) bond motifs is 1. The molecular formula is C21H20N2O4. The lowest BCUT2D eigenvalue weighted by Gasteiger charge is -2.10. The third-order valence-electron chi connectivity index (χ3n) is 4.16. The standard InChI is InChI=1S/C21H20N2O4/c1-25-16-8-5-15(6-9-16)21(24)23-22-13-19-18-12-17(26-2)10-4-14(18)7-11-20(19)27-3/h4-13H,1-3H3,(H,23,24)/b22-13+. The van der Waals surface area contributed by atoms with Gasteiger partial charge in [-0.1, -0.05) is 12.1 Å². The Kier molecular flexibility index (Phi) is 5.56. The van der Waals surface area contributed by atoms with E-state index in [9.17, 15) is 4.79 Å². The van der Waals surface area contributed by atoms with Gasteiger partial charge >= 0.3 is 0 Å². The molecule has 1 amide bonds. The number of benzene rings is 3. The molecule has 3 aromatic carbocycles. The fourth-order valence-electron chi connectivity index (χ4n) is 2.70. The summed E-state index contributed by atoms with van der Waals surface area (Å²) in [5.41, 5.74) is 3.77. The number of methoxy groups -OCH3 is 3. The first-order valence-corrected chi connectivity index (χ1v) is 8.28. The number of hydrazone groups is 1. The van der Waals surface area contributed by atoms with E-state index >= 15 is 0 Å². The normalized spacial score (nSPS) is 10.8. The highest BCUT2D eigenvalue weighted by Crippen LogP contribution is 2.29. The molecule has 3 aromatic rings.